The number of benzene rings is 1. The molecule has 0 saturated carbocycles. The summed E-state index contributed by atoms with van der Waals surface area (Å²) < 4.78 is 0. The molecule has 0 unspecified atom stereocenters. The third kappa shape index (κ3) is 21.2. The van der Waals surface area contributed by atoms with Crippen molar-refractivity contribution in [3.05, 3.63) is 59.9 Å². The van der Waals surface area contributed by atoms with Crippen LogP contribution in [0.3, 0.4) is 0 Å². The lowest BCUT2D eigenvalue weighted by molar-refractivity contribution is -0.141. The monoisotopic (exact) mass is 1040 g/mol. The van der Waals surface area contributed by atoms with Gasteiger partial charge in [0.1, 0.15) is 42.0 Å². The van der Waals surface area contributed by atoms with Crippen LogP contribution >= 0.6 is 21.6 Å². The highest BCUT2D eigenvalue weighted by Crippen LogP contribution is 2.24. The molecule has 7 atom stereocenters. The zero-order valence-electron chi connectivity index (χ0n) is 40.6. The Hall–Kier alpha value is -6.96. The van der Waals surface area contributed by atoms with Gasteiger partial charge in [0, 0.05) is 49.7 Å². The highest BCUT2D eigenvalue weighted by molar-refractivity contribution is 8.76. The molecule has 0 bridgehead atoms. The summed E-state index contributed by atoms with van der Waals surface area (Å²) in [6.07, 6.45) is 1.55. The van der Waals surface area contributed by atoms with E-state index in [2.05, 4.69) is 42.2 Å². The molecule has 0 spiro atoms. The lowest BCUT2D eigenvalue weighted by atomic mass is 9.96. The summed E-state index contributed by atoms with van der Waals surface area (Å²) in [7, 11) is 2.18. The zero-order valence-corrected chi connectivity index (χ0v) is 42.2. The van der Waals surface area contributed by atoms with Crippen LogP contribution in [0.4, 0.5) is 0 Å². The number of carbonyl (C=O) groups is 11. The third-order valence-corrected chi connectivity index (χ3v) is 13.5. The zero-order chi connectivity index (χ0) is 53.5. The summed E-state index contributed by atoms with van der Waals surface area (Å²) in [6, 6.07) is 0.519. The lowest BCUT2D eigenvalue weighted by Gasteiger charge is -2.30. The number of aromatic hydroxyl groups is 1. The first-order valence-corrected chi connectivity index (χ1v) is 25.7. The minimum absolute atomic E-state index is 0.0336. The number of hydrogen-bond donors (Lipinski definition) is 11. The van der Waals surface area contributed by atoms with E-state index >= 15 is 0 Å². The van der Waals surface area contributed by atoms with E-state index in [4.69, 9.17) is 17.2 Å². The fourth-order valence-electron chi connectivity index (χ4n) is 7.11. The fourth-order valence-corrected chi connectivity index (χ4v) is 9.26. The van der Waals surface area contributed by atoms with Crippen molar-refractivity contribution < 1.29 is 57.8 Å². The van der Waals surface area contributed by atoms with Crippen molar-refractivity contribution in [1.82, 2.24) is 47.1 Å². The van der Waals surface area contributed by atoms with E-state index in [1.54, 1.807) is 52.0 Å². The van der Waals surface area contributed by atoms with Crippen molar-refractivity contribution in [2.24, 2.45) is 29.0 Å². The number of hydrogen-bond acceptors (Lipinski definition) is 15. The SMILES string of the molecule is CC[C@H](C)[C@@H]1NC(=O)[C@H](Cc2ccc(O)cc2)NC(=O)CCSSC[C@@H](C(=O)N(CC(=O)N[C@@H](CC(C)C)C(=O)NCC(N)=O)Cc2ccncc2)NC(=O)[C@H](CC(N)=O)NC(=O)[C@H](CCC(N)=O)NC1=O. The van der Waals surface area contributed by atoms with Gasteiger partial charge in [0.25, 0.3) is 0 Å². The fraction of sp³-hybridized carbons (Fsp3) is 0.522. The number of nitrogens with zero attached hydrogens (tertiary/aromatic N) is 2. The number of primary amides is 3. The summed E-state index contributed by atoms with van der Waals surface area (Å²) >= 11 is 0. The van der Waals surface area contributed by atoms with Crippen molar-refractivity contribution in [2.45, 2.75) is 115 Å². The normalized spacial score (nSPS) is 20.5. The molecule has 14 N–H and O–H groups in total. The van der Waals surface area contributed by atoms with Gasteiger partial charge in [-0.2, -0.15) is 0 Å². The lowest BCUT2D eigenvalue weighted by Crippen LogP contribution is -2.61. The number of aromatic nitrogens is 1. The Balaban J connectivity index is 2.09. The van der Waals surface area contributed by atoms with Crippen molar-refractivity contribution in [3.63, 3.8) is 0 Å². The number of rotatable bonds is 20. The predicted molar refractivity (Wildman–Crippen MR) is 266 cm³/mol. The van der Waals surface area contributed by atoms with Gasteiger partial charge in [0.05, 0.1) is 19.5 Å². The Morgan fingerprint density at radius 2 is 1.42 bits per heavy atom. The third-order valence-electron chi connectivity index (χ3n) is 11.1. The van der Waals surface area contributed by atoms with Crippen LogP contribution in [0.1, 0.15) is 77.3 Å². The number of carbonyl (C=O) groups excluding carboxylic acids is 11. The molecule has 1 aliphatic heterocycles. The molecule has 26 heteroatoms. The molecule has 24 nitrogen and oxygen atoms in total. The average molecular weight is 1040 g/mol. The van der Waals surface area contributed by atoms with Crippen LogP contribution in [-0.4, -0.2) is 141 Å². The average Bonchev–Trinajstić information content (AvgIpc) is 3.31. The number of nitrogens with two attached hydrogens (primary N) is 3. The van der Waals surface area contributed by atoms with E-state index < -0.39 is 139 Å². The molecule has 1 aliphatic rings. The van der Waals surface area contributed by atoms with Gasteiger partial charge in [-0.05, 0) is 60.1 Å². The predicted octanol–water partition coefficient (Wildman–Crippen LogP) is -2.11. The maximum atomic E-state index is 14.8. The molecule has 72 heavy (non-hydrogen) atoms. The number of phenolic OH excluding ortho intramolecular Hbond substituents is 1. The maximum Gasteiger partial charge on any atom is 0.246 e. The van der Waals surface area contributed by atoms with Crippen LogP contribution in [-0.2, 0) is 65.7 Å². The molecule has 394 valence electrons. The topological polar surface area (TPSA) is 386 Å². The summed E-state index contributed by atoms with van der Waals surface area (Å²) in [4.78, 5) is 152. The standard InChI is InChI=1S/C46H66N12O12S2/c1-5-26(4)40-45(69)54-30(10-11-35(47)60)42(66)55-33(20-36(48)61)43(67)56-34(24-72-71-17-14-38(63)52-32(44(68)57-40)19-27-6-8-29(59)9-7-27)46(70)58(22-28-12-15-50-16-13-28)23-39(64)53-31(18-25(2)3)41(65)51-21-37(49)62/h6-9,12-13,15-16,25-26,30-34,40,59H,5,10-11,14,17-24H2,1-4H3,(H2,47,60)(H2,48,61)(H2,49,62)(H,51,65)(H,52,63)(H,53,64)(H,54,69)(H,55,66)(H,56,67)(H,57,68)/t26-,30-,31-,32-,33-,34-,40-/m0/s1. The van der Waals surface area contributed by atoms with Crippen LogP contribution < -0.4 is 54.4 Å². The Morgan fingerprint density at radius 1 is 0.778 bits per heavy atom. The largest absolute Gasteiger partial charge is 0.508 e. The second-order valence-corrected chi connectivity index (χ2v) is 20.2. The van der Waals surface area contributed by atoms with E-state index in [0.29, 0.717) is 17.5 Å². The van der Waals surface area contributed by atoms with Gasteiger partial charge in [-0.1, -0.05) is 67.8 Å². The highest BCUT2D eigenvalue weighted by Gasteiger charge is 2.36. The van der Waals surface area contributed by atoms with E-state index in [0.717, 1.165) is 26.5 Å². The smallest absolute Gasteiger partial charge is 0.246 e. The minimum Gasteiger partial charge on any atom is -0.508 e. The van der Waals surface area contributed by atoms with Crippen molar-refractivity contribution in [1.29, 1.82) is 0 Å². The van der Waals surface area contributed by atoms with Gasteiger partial charge in [-0.15, -0.1) is 0 Å². The van der Waals surface area contributed by atoms with Gasteiger partial charge in [-0.3, -0.25) is 57.7 Å². The Labute approximate surface area is 424 Å². The molecule has 3 rings (SSSR count). The first-order chi connectivity index (χ1) is 34.1. The van der Waals surface area contributed by atoms with Crippen molar-refractivity contribution in [2.75, 3.05) is 24.6 Å². The number of nitrogens with one attached hydrogen (secondary N) is 7. The Morgan fingerprint density at radius 3 is 2.03 bits per heavy atom. The number of phenols is 1. The first-order valence-electron chi connectivity index (χ1n) is 23.2. The molecule has 1 aromatic carbocycles. The van der Waals surface area contributed by atoms with Crippen LogP contribution in [0, 0.1) is 11.8 Å². The summed E-state index contributed by atoms with van der Waals surface area (Å²) in [6.45, 7) is 5.64. The van der Waals surface area contributed by atoms with E-state index in [9.17, 15) is 57.8 Å². The number of amides is 11. The van der Waals surface area contributed by atoms with Crippen LogP contribution in [0.2, 0.25) is 0 Å². The van der Waals surface area contributed by atoms with E-state index in [1.807, 2.05) is 0 Å². The van der Waals surface area contributed by atoms with Gasteiger partial charge in [-0.25, -0.2) is 0 Å². The summed E-state index contributed by atoms with van der Waals surface area (Å²) in [5.41, 5.74) is 17.2. The van der Waals surface area contributed by atoms with Crippen molar-refractivity contribution >= 4 is 86.6 Å². The molecule has 1 aromatic heterocycles. The molecular formula is C46H66N12O12S2. The van der Waals surface area contributed by atoms with Gasteiger partial charge in [0.15, 0.2) is 0 Å². The molecule has 2 aromatic rings. The minimum atomic E-state index is -1.77. The molecule has 1 fully saturated rings. The second kappa shape index (κ2) is 30.0. The number of pyridine rings is 1. The van der Waals surface area contributed by atoms with Gasteiger partial charge >= 0.3 is 0 Å². The maximum absolute atomic E-state index is 14.8. The highest BCUT2D eigenvalue weighted by atomic mass is 33.1. The molecule has 11 amide bonds. The molecule has 0 aliphatic carbocycles. The molecule has 0 radical (unpaired) electrons. The Bertz CT molecular complexity index is 2240. The molecular weight excluding hydrogens is 977 g/mol. The second-order valence-electron chi connectivity index (χ2n) is 17.6. The van der Waals surface area contributed by atoms with Crippen LogP contribution in [0.15, 0.2) is 48.8 Å². The molecule has 1 saturated heterocycles. The van der Waals surface area contributed by atoms with Gasteiger partial charge in [0.2, 0.25) is 65.0 Å². The van der Waals surface area contributed by atoms with Crippen LogP contribution in [0.5, 0.6) is 5.75 Å². The first kappa shape index (κ1) is 59.3. The summed E-state index contributed by atoms with van der Waals surface area (Å²) in [5, 5.41) is 27.8. The van der Waals surface area contributed by atoms with Crippen LogP contribution in [0.25, 0.3) is 0 Å². The summed E-state index contributed by atoms with van der Waals surface area (Å²) in [5.74, 6) is -10.2. The van der Waals surface area contributed by atoms with E-state index in [-0.39, 0.29) is 49.0 Å². The van der Waals surface area contributed by atoms with E-state index in [1.165, 1.54) is 24.5 Å². The Kier molecular flexibility index (Phi) is 24.8. The molecule has 2 heterocycles. The van der Waals surface area contributed by atoms with Gasteiger partial charge < -0.3 is 64.4 Å². The van der Waals surface area contributed by atoms with Crippen molar-refractivity contribution in [3.8, 4) is 5.75 Å². The quantitative estimate of drug-likeness (QED) is 0.0632.